The first-order valence-corrected chi connectivity index (χ1v) is 9.90. The second kappa shape index (κ2) is 6.78. The molecule has 0 radical (unpaired) electrons. The highest BCUT2D eigenvalue weighted by Gasteiger charge is 2.21. The number of hydrogen-bond donors (Lipinski definition) is 2. The molecule has 0 amide bonds. The zero-order valence-electron chi connectivity index (χ0n) is 14.5. The quantitative estimate of drug-likeness (QED) is 0.650. The number of H-pyrrole nitrogens is 1. The lowest BCUT2D eigenvalue weighted by molar-refractivity contribution is 0.0697. The third-order valence-corrected chi connectivity index (χ3v) is 6.26. The Bertz CT molecular complexity index is 1140. The number of nitrogens with one attached hydrogen (secondary N) is 1. The van der Waals surface area contributed by atoms with E-state index in [2.05, 4.69) is 20.3 Å². The predicted molar refractivity (Wildman–Crippen MR) is 104 cm³/mol. The van der Waals surface area contributed by atoms with Gasteiger partial charge in [-0.15, -0.1) is 10.2 Å². The molecular weight excluding hydrogens is 386 g/mol. The Hall–Kier alpha value is -2.72. The van der Waals surface area contributed by atoms with E-state index in [0.717, 1.165) is 20.6 Å². The fourth-order valence-electron chi connectivity index (χ4n) is 2.79. The number of carboxylic acid groups (broad SMARTS) is 1. The second-order valence-corrected chi connectivity index (χ2v) is 8.49. The molecule has 3 heterocycles. The molecule has 0 aliphatic carbocycles. The average Bonchev–Trinajstić information content (AvgIpc) is 3.31. The number of nitrogens with zero attached hydrogens (tertiary/aromatic N) is 4. The Labute approximate surface area is 162 Å². The number of aryl methyl sites for hydroxylation is 1. The molecule has 1 aliphatic heterocycles. The van der Waals surface area contributed by atoms with E-state index in [9.17, 15) is 9.59 Å². The van der Waals surface area contributed by atoms with Crippen molar-refractivity contribution in [2.24, 2.45) is 4.99 Å². The summed E-state index contributed by atoms with van der Waals surface area (Å²) in [6, 6.07) is 4.82. The number of rotatable bonds is 4. The van der Waals surface area contributed by atoms with Crippen LogP contribution in [0.5, 0.6) is 0 Å². The maximum Gasteiger partial charge on any atom is 0.335 e. The fourth-order valence-corrected chi connectivity index (χ4v) is 4.63. The van der Waals surface area contributed by atoms with Gasteiger partial charge in [-0.05, 0) is 31.5 Å². The van der Waals surface area contributed by atoms with Crippen LogP contribution < -0.4 is 5.56 Å². The van der Waals surface area contributed by atoms with Gasteiger partial charge in [0.25, 0.3) is 5.56 Å². The Kier molecular flexibility index (Phi) is 4.44. The Morgan fingerprint density at radius 3 is 2.89 bits per heavy atom. The lowest BCUT2D eigenvalue weighted by atomic mass is 10.1. The van der Waals surface area contributed by atoms with Crippen LogP contribution in [0.15, 0.2) is 32.3 Å². The van der Waals surface area contributed by atoms with Crippen molar-refractivity contribution in [1.29, 1.82) is 0 Å². The molecule has 0 fully saturated rings. The maximum atomic E-state index is 12.6. The van der Waals surface area contributed by atoms with Crippen molar-refractivity contribution in [3.8, 4) is 0 Å². The molecule has 3 aromatic rings. The Morgan fingerprint density at radius 2 is 2.19 bits per heavy atom. The number of hydrogen-bond acceptors (Lipinski definition) is 7. The highest BCUT2D eigenvalue weighted by molar-refractivity contribution is 8.00. The number of benzene rings is 1. The van der Waals surface area contributed by atoms with Crippen molar-refractivity contribution in [2.45, 2.75) is 30.4 Å². The molecule has 0 saturated heterocycles. The summed E-state index contributed by atoms with van der Waals surface area (Å²) in [7, 11) is 0. The van der Waals surface area contributed by atoms with Gasteiger partial charge in [0.1, 0.15) is 10.8 Å². The normalized spacial score (nSPS) is 12.9. The summed E-state index contributed by atoms with van der Waals surface area (Å²) >= 11 is 3.04. The minimum absolute atomic E-state index is 0.149. The summed E-state index contributed by atoms with van der Waals surface area (Å²) in [4.78, 5) is 28.2. The molecule has 10 heteroatoms. The molecule has 2 N–H and O–H groups in total. The number of carbonyl (C=O) groups is 1. The summed E-state index contributed by atoms with van der Waals surface area (Å²) in [5.41, 5.74) is 2.96. The standard InChI is InChI=1S/C17H15N5O3S2/c1-8-13(7-26-17-20-19-9(2)27-17)21-22(15(8)23)14-6-10-3-4-11(16(24)25)5-12(10)18-14/h3-5,21H,6-7H2,1-2H3,(H,24,25). The van der Waals surface area contributed by atoms with Gasteiger partial charge in [0, 0.05) is 17.7 Å². The number of carboxylic acids is 1. The van der Waals surface area contributed by atoms with E-state index < -0.39 is 5.97 Å². The van der Waals surface area contributed by atoms with Crippen molar-refractivity contribution in [3.63, 3.8) is 0 Å². The number of aromatic nitrogens is 4. The maximum absolute atomic E-state index is 12.6. The Morgan fingerprint density at radius 1 is 1.37 bits per heavy atom. The van der Waals surface area contributed by atoms with Crippen molar-refractivity contribution in [3.05, 3.63) is 55.9 Å². The molecule has 0 atom stereocenters. The molecule has 0 spiro atoms. The average molecular weight is 401 g/mol. The van der Waals surface area contributed by atoms with Crippen molar-refractivity contribution in [2.75, 3.05) is 0 Å². The van der Waals surface area contributed by atoms with E-state index in [1.807, 2.05) is 6.92 Å². The van der Waals surface area contributed by atoms with E-state index in [1.165, 1.54) is 33.8 Å². The third kappa shape index (κ3) is 3.33. The van der Waals surface area contributed by atoms with Crippen LogP contribution >= 0.6 is 23.1 Å². The van der Waals surface area contributed by atoms with E-state index in [0.29, 0.717) is 29.3 Å². The van der Waals surface area contributed by atoms with E-state index >= 15 is 0 Å². The van der Waals surface area contributed by atoms with Crippen LogP contribution in [0.4, 0.5) is 5.69 Å². The molecule has 8 nitrogen and oxygen atoms in total. The first-order valence-electron chi connectivity index (χ1n) is 8.10. The van der Waals surface area contributed by atoms with Gasteiger partial charge < -0.3 is 5.11 Å². The molecule has 1 aliphatic rings. The lowest BCUT2D eigenvalue weighted by Crippen LogP contribution is -2.26. The SMILES string of the molecule is Cc1nnc(SCc2[nH]n(C3=Nc4cc(C(=O)O)ccc4C3)c(=O)c2C)s1. The van der Waals surface area contributed by atoms with Gasteiger partial charge in [0.15, 0.2) is 4.34 Å². The topological polar surface area (TPSA) is 113 Å². The van der Waals surface area contributed by atoms with Gasteiger partial charge in [0.2, 0.25) is 0 Å². The van der Waals surface area contributed by atoms with Gasteiger partial charge in [0.05, 0.1) is 16.9 Å². The Balaban J connectivity index is 1.60. The monoisotopic (exact) mass is 401 g/mol. The van der Waals surface area contributed by atoms with Crippen LogP contribution in [0.3, 0.4) is 0 Å². The second-order valence-electron chi connectivity index (χ2n) is 6.09. The summed E-state index contributed by atoms with van der Waals surface area (Å²) in [5.74, 6) is 0.135. The van der Waals surface area contributed by atoms with Crippen LogP contribution in [-0.4, -0.2) is 36.9 Å². The molecule has 2 aromatic heterocycles. The summed E-state index contributed by atoms with van der Waals surface area (Å²) < 4.78 is 2.30. The molecule has 4 rings (SSSR count). The minimum Gasteiger partial charge on any atom is -0.478 e. The van der Waals surface area contributed by atoms with Crippen LogP contribution in [0.25, 0.3) is 0 Å². The fraction of sp³-hybridized carbons (Fsp3) is 0.235. The largest absolute Gasteiger partial charge is 0.478 e. The molecule has 0 saturated carbocycles. The lowest BCUT2D eigenvalue weighted by Gasteiger charge is -2.00. The molecule has 27 heavy (non-hydrogen) atoms. The molecule has 0 unspecified atom stereocenters. The zero-order valence-corrected chi connectivity index (χ0v) is 16.1. The zero-order chi connectivity index (χ0) is 19.1. The summed E-state index contributed by atoms with van der Waals surface area (Å²) in [6.45, 7) is 3.68. The van der Waals surface area contributed by atoms with Gasteiger partial charge >= 0.3 is 5.97 Å². The molecule has 0 bridgehead atoms. The van der Waals surface area contributed by atoms with Crippen LogP contribution in [0.1, 0.15) is 32.2 Å². The molecule has 1 aromatic carbocycles. The van der Waals surface area contributed by atoms with E-state index in [4.69, 9.17) is 5.11 Å². The highest BCUT2D eigenvalue weighted by atomic mass is 32.2. The summed E-state index contributed by atoms with van der Waals surface area (Å²) in [5, 5.41) is 21.2. The number of aliphatic imine (C=N–C) groups is 1. The van der Waals surface area contributed by atoms with E-state index in [1.54, 1.807) is 19.1 Å². The third-order valence-electron chi connectivity index (χ3n) is 4.26. The van der Waals surface area contributed by atoms with Crippen LogP contribution in [-0.2, 0) is 12.2 Å². The van der Waals surface area contributed by atoms with Crippen molar-refractivity contribution < 1.29 is 9.90 Å². The van der Waals surface area contributed by atoms with Gasteiger partial charge in [-0.1, -0.05) is 29.2 Å². The van der Waals surface area contributed by atoms with Gasteiger partial charge in [-0.2, -0.15) is 0 Å². The number of aromatic amines is 1. The van der Waals surface area contributed by atoms with Crippen molar-refractivity contribution in [1.82, 2.24) is 20.0 Å². The van der Waals surface area contributed by atoms with Crippen LogP contribution in [0, 0.1) is 13.8 Å². The first kappa shape index (κ1) is 17.7. The predicted octanol–water partition coefficient (Wildman–Crippen LogP) is 2.77. The van der Waals surface area contributed by atoms with Crippen LogP contribution in [0.2, 0.25) is 0 Å². The molecular formula is C17H15N5O3S2. The number of thioether (sulfide) groups is 1. The summed E-state index contributed by atoms with van der Waals surface area (Å²) in [6.07, 6.45) is 0.470. The van der Waals surface area contributed by atoms with Gasteiger partial charge in [-0.25, -0.2) is 14.5 Å². The smallest absolute Gasteiger partial charge is 0.335 e. The highest BCUT2D eigenvalue weighted by Crippen LogP contribution is 2.29. The van der Waals surface area contributed by atoms with E-state index in [-0.39, 0.29) is 11.1 Å². The van der Waals surface area contributed by atoms with Gasteiger partial charge in [-0.3, -0.25) is 9.89 Å². The molecule has 138 valence electrons. The first-order chi connectivity index (χ1) is 12.9. The minimum atomic E-state index is -0.999. The number of fused-ring (bicyclic) bond motifs is 1. The number of aromatic carboxylic acids is 1. The van der Waals surface area contributed by atoms with Crippen molar-refractivity contribution >= 4 is 40.6 Å².